The van der Waals surface area contributed by atoms with Crippen LogP contribution in [0, 0.1) is 13.8 Å². The quantitative estimate of drug-likeness (QED) is 0.778. The van der Waals surface area contributed by atoms with Gasteiger partial charge in [0.25, 0.3) is 0 Å². The van der Waals surface area contributed by atoms with Crippen LogP contribution in [0.15, 0.2) is 18.2 Å². The van der Waals surface area contributed by atoms with Crippen LogP contribution in [-0.2, 0) is 4.79 Å². The Kier molecular flexibility index (Phi) is 5.65. The molecule has 1 aromatic carbocycles. The first-order chi connectivity index (χ1) is 8.56. The fourth-order valence-corrected chi connectivity index (χ4v) is 1.64. The highest BCUT2D eigenvalue weighted by molar-refractivity contribution is 5.77. The Balaban J connectivity index is 2.34. The van der Waals surface area contributed by atoms with Crippen LogP contribution >= 0.6 is 0 Å². The van der Waals surface area contributed by atoms with Gasteiger partial charge in [-0.15, -0.1) is 0 Å². The fourth-order valence-electron chi connectivity index (χ4n) is 1.64. The lowest BCUT2D eigenvalue weighted by atomic mass is 10.1. The average molecular weight is 250 g/mol. The van der Waals surface area contributed by atoms with Gasteiger partial charge in [0.15, 0.2) is 0 Å². The van der Waals surface area contributed by atoms with Crippen molar-refractivity contribution in [3.8, 4) is 5.75 Å². The van der Waals surface area contributed by atoms with Crippen molar-refractivity contribution in [1.29, 1.82) is 0 Å². The molecule has 0 aliphatic rings. The van der Waals surface area contributed by atoms with E-state index in [1.807, 2.05) is 12.1 Å². The molecule has 0 fully saturated rings. The van der Waals surface area contributed by atoms with E-state index in [0.717, 1.165) is 12.2 Å². The lowest BCUT2D eigenvalue weighted by Crippen LogP contribution is -2.33. The predicted molar refractivity (Wildman–Crippen MR) is 72.7 cm³/mol. The first-order valence-corrected chi connectivity index (χ1v) is 6.19. The van der Waals surface area contributed by atoms with Crippen LogP contribution in [0.1, 0.15) is 17.5 Å². The summed E-state index contributed by atoms with van der Waals surface area (Å²) in [5.74, 6) is 0.879. The highest BCUT2D eigenvalue weighted by Gasteiger charge is 2.06. The number of carbonyl (C=O) groups excluding carboxylic acids is 1. The lowest BCUT2D eigenvalue weighted by Gasteiger charge is -2.16. The Morgan fingerprint density at radius 2 is 2.11 bits per heavy atom. The Morgan fingerprint density at radius 3 is 2.78 bits per heavy atom. The standard InChI is InChI=1S/C14H22N2O2/c1-11-6-4-7-13(12(11)2)18-9-5-8-16(3)14(17)10-15/h4,6-7H,5,8-10,15H2,1-3H3. The van der Waals surface area contributed by atoms with Crippen LogP contribution in [0.25, 0.3) is 0 Å². The van der Waals surface area contributed by atoms with E-state index in [2.05, 4.69) is 19.9 Å². The molecule has 2 N–H and O–H groups in total. The summed E-state index contributed by atoms with van der Waals surface area (Å²) in [4.78, 5) is 12.9. The molecule has 0 aliphatic carbocycles. The fraction of sp³-hybridized carbons (Fsp3) is 0.500. The monoisotopic (exact) mass is 250 g/mol. The highest BCUT2D eigenvalue weighted by atomic mass is 16.5. The van der Waals surface area contributed by atoms with Gasteiger partial charge in [-0.3, -0.25) is 4.79 Å². The number of ether oxygens (including phenoxy) is 1. The third-order valence-corrected chi connectivity index (χ3v) is 3.05. The van der Waals surface area contributed by atoms with Gasteiger partial charge in [0.1, 0.15) is 5.75 Å². The minimum Gasteiger partial charge on any atom is -0.493 e. The van der Waals surface area contributed by atoms with Crippen molar-refractivity contribution in [2.24, 2.45) is 5.73 Å². The van der Waals surface area contributed by atoms with Gasteiger partial charge in [-0.25, -0.2) is 0 Å². The zero-order valence-electron chi connectivity index (χ0n) is 11.4. The third-order valence-electron chi connectivity index (χ3n) is 3.05. The first-order valence-electron chi connectivity index (χ1n) is 6.19. The van der Waals surface area contributed by atoms with Gasteiger partial charge in [0.2, 0.25) is 5.91 Å². The predicted octanol–water partition coefficient (Wildman–Crippen LogP) is 1.49. The minimum absolute atomic E-state index is 0.0401. The molecule has 100 valence electrons. The maximum atomic E-state index is 11.2. The minimum atomic E-state index is -0.0401. The molecule has 0 aliphatic heterocycles. The molecule has 1 amide bonds. The Hall–Kier alpha value is -1.55. The van der Waals surface area contributed by atoms with E-state index in [1.165, 1.54) is 11.1 Å². The number of amides is 1. The first kappa shape index (κ1) is 14.5. The van der Waals surface area contributed by atoms with Gasteiger partial charge in [0, 0.05) is 13.6 Å². The van der Waals surface area contributed by atoms with Gasteiger partial charge in [-0.1, -0.05) is 12.1 Å². The number of hydrogen-bond acceptors (Lipinski definition) is 3. The Bertz CT molecular complexity index is 405. The maximum absolute atomic E-state index is 11.2. The number of likely N-dealkylation sites (N-methyl/N-ethyl adjacent to an activating group) is 1. The number of aryl methyl sites for hydroxylation is 1. The SMILES string of the molecule is Cc1cccc(OCCCN(C)C(=O)CN)c1C. The van der Waals surface area contributed by atoms with Gasteiger partial charge in [0.05, 0.1) is 13.2 Å². The van der Waals surface area contributed by atoms with Crippen molar-refractivity contribution >= 4 is 5.91 Å². The zero-order chi connectivity index (χ0) is 13.5. The molecule has 0 unspecified atom stereocenters. The molecule has 0 heterocycles. The van der Waals surface area contributed by atoms with E-state index in [4.69, 9.17) is 10.5 Å². The van der Waals surface area contributed by atoms with E-state index >= 15 is 0 Å². The second-order valence-corrected chi connectivity index (χ2v) is 4.42. The van der Waals surface area contributed by atoms with Crippen LogP contribution in [0.2, 0.25) is 0 Å². The molecule has 0 saturated heterocycles. The summed E-state index contributed by atoms with van der Waals surface area (Å²) in [6, 6.07) is 6.02. The summed E-state index contributed by atoms with van der Waals surface area (Å²) in [6.07, 6.45) is 0.801. The van der Waals surface area contributed by atoms with Gasteiger partial charge < -0.3 is 15.4 Å². The van der Waals surface area contributed by atoms with Gasteiger partial charge >= 0.3 is 0 Å². The summed E-state index contributed by atoms with van der Waals surface area (Å²) < 4.78 is 5.71. The number of hydrogen-bond donors (Lipinski definition) is 1. The Morgan fingerprint density at radius 1 is 1.39 bits per heavy atom. The topological polar surface area (TPSA) is 55.6 Å². The lowest BCUT2D eigenvalue weighted by molar-refractivity contribution is -0.128. The molecule has 4 heteroatoms. The van der Waals surface area contributed by atoms with Crippen molar-refractivity contribution in [3.63, 3.8) is 0 Å². The number of rotatable bonds is 6. The number of nitrogens with two attached hydrogens (primary N) is 1. The molecular formula is C14H22N2O2. The van der Waals surface area contributed by atoms with Crippen LogP contribution in [0.3, 0.4) is 0 Å². The normalized spacial score (nSPS) is 10.2. The highest BCUT2D eigenvalue weighted by Crippen LogP contribution is 2.20. The molecule has 4 nitrogen and oxygen atoms in total. The summed E-state index contributed by atoms with van der Waals surface area (Å²) in [5, 5.41) is 0. The van der Waals surface area contributed by atoms with Crippen molar-refractivity contribution in [2.45, 2.75) is 20.3 Å². The average Bonchev–Trinajstić information content (AvgIpc) is 2.38. The molecule has 0 aromatic heterocycles. The van der Waals surface area contributed by atoms with Crippen molar-refractivity contribution in [3.05, 3.63) is 29.3 Å². The number of carbonyl (C=O) groups is 1. The molecule has 1 rings (SSSR count). The third kappa shape index (κ3) is 4.04. The summed E-state index contributed by atoms with van der Waals surface area (Å²) in [6.45, 7) is 5.45. The molecule has 0 atom stereocenters. The number of benzene rings is 1. The second-order valence-electron chi connectivity index (χ2n) is 4.42. The largest absolute Gasteiger partial charge is 0.493 e. The van der Waals surface area contributed by atoms with Crippen LogP contribution in [-0.4, -0.2) is 37.6 Å². The molecule has 1 aromatic rings. The Labute approximate surface area is 109 Å². The van der Waals surface area contributed by atoms with Crippen molar-refractivity contribution in [1.82, 2.24) is 4.90 Å². The molecule has 0 saturated carbocycles. The van der Waals surface area contributed by atoms with Crippen LogP contribution in [0.4, 0.5) is 0 Å². The van der Waals surface area contributed by atoms with E-state index in [-0.39, 0.29) is 12.5 Å². The van der Waals surface area contributed by atoms with E-state index in [9.17, 15) is 4.79 Å². The second kappa shape index (κ2) is 7.01. The number of nitrogens with zero attached hydrogens (tertiary/aromatic N) is 1. The molecule has 18 heavy (non-hydrogen) atoms. The zero-order valence-corrected chi connectivity index (χ0v) is 11.4. The van der Waals surface area contributed by atoms with Crippen molar-refractivity contribution < 1.29 is 9.53 Å². The summed E-state index contributed by atoms with van der Waals surface area (Å²) >= 11 is 0. The maximum Gasteiger partial charge on any atom is 0.236 e. The van der Waals surface area contributed by atoms with Gasteiger partial charge in [-0.05, 0) is 37.5 Å². The van der Waals surface area contributed by atoms with Crippen molar-refractivity contribution in [2.75, 3.05) is 26.7 Å². The van der Waals surface area contributed by atoms with Crippen LogP contribution in [0.5, 0.6) is 5.75 Å². The molecular weight excluding hydrogens is 228 g/mol. The van der Waals surface area contributed by atoms with E-state index in [1.54, 1.807) is 11.9 Å². The van der Waals surface area contributed by atoms with Gasteiger partial charge in [-0.2, -0.15) is 0 Å². The molecule has 0 radical (unpaired) electrons. The van der Waals surface area contributed by atoms with E-state index in [0.29, 0.717) is 13.2 Å². The van der Waals surface area contributed by atoms with Crippen LogP contribution < -0.4 is 10.5 Å². The summed E-state index contributed by atoms with van der Waals surface area (Å²) in [5.41, 5.74) is 7.68. The summed E-state index contributed by atoms with van der Waals surface area (Å²) in [7, 11) is 1.76. The molecule has 0 bridgehead atoms. The van der Waals surface area contributed by atoms with E-state index < -0.39 is 0 Å². The smallest absolute Gasteiger partial charge is 0.236 e. The molecule has 0 spiro atoms.